The highest BCUT2D eigenvalue weighted by Crippen LogP contribution is 2.25. The van der Waals surface area contributed by atoms with Crippen molar-refractivity contribution in [3.63, 3.8) is 0 Å². The zero-order valence-corrected chi connectivity index (χ0v) is 13.8. The van der Waals surface area contributed by atoms with Gasteiger partial charge in [-0.3, -0.25) is 14.3 Å². The van der Waals surface area contributed by atoms with Gasteiger partial charge in [0.05, 0.1) is 18.8 Å². The highest BCUT2D eigenvalue weighted by atomic mass is 16.3. The molecule has 1 fully saturated rings. The molecule has 1 aliphatic carbocycles. The fraction of sp³-hybridized carbons (Fsp3) is 0.389. The van der Waals surface area contributed by atoms with Crippen LogP contribution in [0, 0.1) is 0 Å². The van der Waals surface area contributed by atoms with Crippen molar-refractivity contribution < 1.29 is 14.7 Å². The number of nitrogens with zero attached hydrogens (tertiary/aromatic N) is 3. The molecule has 2 amide bonds. The number of rotatable bonds is 3. The molecule has 0 saturated heterocycles. The van der Waals surface area contributed by atoms with Crippen LogP contribution in [-0.2, 0) is 11.3 Å². The molecule has 0 spiro atoms. The number of aromatic hydroxyl groups is 1. The first kappa shape index (κ1) is 15.7. The minimum Gasteiger partial charge on any atom is -0.508 e. The number of hydrogen-bond acceptors (Lipinski definition) is 4. The Morgan fingerprint density at radius 2 is 2.08 bits per heavy atom. The second-order valence-electron chi connectivity index (χ2n) is 6.66. The van der Waals surface area contributed by atoms with Gasteiger partial charge in [-0.1, -0.05) is 6.07 Å². The molecule has 0 bridgehead atoms. The number of carbonyl (C=O) groups is 2. The molecule has 2 N–H and O–H groups in total. The average molecular weight is 340 g/mol. The molecule has 0 unspecified atom stereocenters. The SMILES string of the molecule is O=C(NC1CCC1)[C@@H]1CN(C(=O)c2cccc(O)c2)Cc2ccnn21. The Balaban J connectivity index is 1.57. The molecule has 0 radical (unpaired) electrons. The zero-order valence-electron chi connectivity index (χ0n) is 13.8. The number of fused-ring (bicyclic) bond motifs is 1. The van der Waals surface area contributed by atoms with Crippen LogP contribution in [0.1, 0.15) is 41.4 Å². The Labute approximate surface area is 145 Å². The molecule has 1 atom stereocenters. The van der Waals surface area contributed by atoms with E-state index in [1.807, 2.05) is 6.07 Å². The average Bonchev–Trinajstić information content (AvgIpc) is 3.05. The molecule has 1 aromatic heterocycles. The summed E-state index contributed by atoms with van der Waals surface area (Å²) in [5, 5.41) is 16.9. The predicted molar refractivity (Wildman–Crippen MR) is 89.9 cm³/mol. The Bertz CT molecular complexity index is 812. The van der Waals surface area contributed by atoms with E-state index in [9.17, 15) is 14.7 Å². The van der Waals surface area contributed by atoms with E-state index in [4.69, 9.17) is 0 Å². The van der Waals surface area contributed by atoms with E-state index in [2.05, 4.69) is 10.4 Å². The van der Waals surface area contributed by atoms with Crippen LogP contribution < -0.4 is 5.32 Å². The lowest BCUT2D eigenvalue weighted by atomic mass is 9.93. The van der Waals surface area contributed by atoms with Crippen LogP contribution in [0.5, 0.6) is 5.75 Å². The summed E-state index contributed by atoms with van der Waals surface area (Å²) in [5.74, 6) is -0.250. The number of amides is 2. The summed E-state index contributed by atoms with van der Waals surface area (Å²) in [6, 6.07) is 7.80. The van der Waals surface area contributed by atoms with Gasteiger partial charge in [0, 0.05) is 17.8 Å². The smallest absolute Gasteiger partial charge is 0.254 e. The Morgan fingerprint density at radius 3 is 2.80 bits per heavy atom. The fourth-order valence-corrected chi connectivity index (χ4v) is 3.31. The molecular weight excluding hydrogens is 320 g/mol. The highest BCUT2D eigenvalue weighted by Gasteiger charge is 2.34. The highest BCUT2D eigenvalue weighted by molar-refractivity contribution is 5.95. The standard InChI is InChI=1S/C18H20N4O3/c23-15-6-1-3-12(9-15)18(25)21-10-14-7-8-19-22(14)16(11-21)17(24)20-13-4-2-5-13/h1,3,6-9,13,16,23H,2,4-5,10-11H2,(H,20,24)/t16-/m0/s1. The van der Waals surface area contributed by atoms with E-state index in [1.54, 1.807) is 27.9 Å². The number of nitrogens with one attached hydrogen (secondary N) is 1. The van der Waals surface area contributed by atoms with E-state index < -0.39 is 6.04 Å². The second kappa shape index (κ2) is 6.23. The third-order valence-corrected chi connectivity index (χ3v) is 4.93. The largest absolute Gasteiger partial charge is 0.508 e. The maximum atomic E-state index is 12.8. The number of phenols is 1. The summed E-state index contributed by atoms with van der Waals surface area (Å²) in [6.45, 7) is 0.656. The van der Waals surface area contributed by atoms with Crippen molar-refractivity contribution in [3.8, 4) is 5.75 Å². The Morgan fingerprint density at radius 1 is 1.24 bits per heavy atom. The number of hydrogen-bond donors (Lipinski definition) is 2. The van der Waals surface area contributed by atoms with Gasteiger partial charge in [-0.25, -0.2) is 0 Å². The molecule has 1 aromatic carbocycles. The topological polar surface area (TPSA) is 87.5 Å². The van der Waals surface area contributed by atoms with Gasteiger partial charge in [0.1, 0.15) is 11.8 Å². The lowest BCUT2D eigenvalue weighted by Gasteiger charge is -2.35. The summed E-state index contributed by atoms with van der Waals surface area (Å²) in [4.78, 5) is 27.1. The third kappa shape index (κ3) is 2.97. The molecule has 130 valence electrons. The quantitative estimate of drug-likeness (QED) is 0.885. The molecule has 4 rings (SSSR count). The first-order chi connectivity index (χ1) is 12.1. The Hall–Kier alpha value is -2.83. The van der Waals surface area contributed by atoms with Crippen LogP contribution in [0.2, 0.25) is 0 Å². The maximum absolute atomic E-state index is 12.8. The van der Waals surface area contributed by atoms with Crippen LogP contribution in [0.4, 0.5) is 0 Å². The van der Waals surface area contributed by atoms with Gasteiger partial charge in [0.15, 0.2) is 0 Å². The van der Waals surface area contributed by atoms with Crippen molar-refractivity contribution >= 4 is 11.8 Å². The fourth-order valence-electron chi connectivity index (χ4n) is 3.31. The molecule has 7 heteroatoms. The van der Waals surface area contributed by atoms with Gasteiger partial charge in [-0.2, -0.15) is 5.10 Å². The lowest BCUT2D eigenvalue weighted by Crippen LogP contribution is -2.50. The maximum Gasteiger partial charge on any atom is 0.254 e. The predicted octanol–water partition coefficient (Wildman–Crippen LogP) is 1.45. The number of benzene rings is 1. The van der Waals surface area contributed by atoms with Crippen molar-refractivity contribution in [2.24, 2.45) is 0 Å². The summed E-state index contributed by atoms with van der Waals surface area (Å²) in [5.41, 5.74) is 1.24. The normalized spacial score (nSPS) is 19.8. The van der Waals surface area contributed by atoms with E-state index in [0.717, 1.165) is 25.0 Å². The molecule has 2 heterocycles. The minimum atomic E-state index is -0.527. The van der Waals surface area contributed by atoms with Gasteiger partial charge in [-0.15, -0.1) is 0 Å². The van der Waals surface area contributed by atoms with Crippen molar-refractivity contribution in [2.75, 3.05) is 6.54 Å². The molecule has 2 aromatic rings. The van der Waals surface area contributed by atoms with Gasteiger partial charge in [0.2, 0.25) is 5.91 Å². The van der Waals surface area contributed by atoms with Gasteiger partial charge >= 0.3 is 0 Å². The third-order valence-electron chi connectivity index (χ3n) is 4.93. The van der Waals surface area contributed by atoms with E-state index >= 15 is 0 Å². The van der Waals surface area contributed by atoms with Crippen molar-refractivity contribution in [2.45, 2.75) is 37.9 Å². The van der Waals surface area contributed by atoms with Crippen LogP contribution in [0.25, 0.3) is 0 Å². The van der Waals surface area contributed by atoms with Gasteiger partial charge < -0.3 is 15.3 Å². The van der Waals surface area contributed by atoms with Gasteiger partial charge in [0.25, 0.3) is 5.91 Å². The first-order valence-corrected chi connectivity index (χ1v) is 8.53. The summed E-state index contributed by atoms with van der Waals surface area (Å²) in [6.07, 6.45) is 4.82. The van der Waals surface area contributed by atoms with Gasteiger partial charge in [-0.05, 0) is 43.5 Å². The first-order valence-electron chi connectivity index (χ1n) is 8.53. The Kier molecular flexibility index (Phi) is 3.91. The van der Waals surface area contributed by atoms with Crippen LogP contribution in [-0.4, -0.2) is 44.2 Å². The second-order valence-corrected chi connectivity index (χ2v) is 6.66. The van der Waals surface area contributed by atoms with E-state index in [0.29, 0.717) is 12.1 Å². The molecule has 2 aliphatic rings. The van der Waals surface area contributed by atoms with E-state index in [-0.39, 0.29) is 30.2 Å². The summed E-state index contributed by atoms with van der Waals surface area (Å²) >= 11 is 0. The lowest BCUT2D eigenvalue weighted by molar-refractivity contribution is -0.126. The van der Waals surface area contributed by atoms with Crippen molar-refractivity contribution in [3.05, 3.63) is 47.8 Å². The van der Waals surface area contributed by atoms with Crippen LogP contribution in [0.15, 0.2) is 36.5 Å². The number of phenolic OH excluding ortho intramolecular Hbond substituents is 1. The van der Waals surface area contributed by atoms with Crippen molar-refractivity contribution in [1.82, 2.24) is 20.0 Å². The summed E-state index contributed by atoms with van der Waals surface area (Å²) in [7, 11) is 0. The van der Waals surface area contributed by atoms with Crippen LogP contribution in [0.3, 0.4) is 0 Å². The number of carbonyl (C=O) groups excluding carboxylic acids is 2. The zero-order chi connectivity index (χ0) is 17.4. The molecule has 1 aliphatic heterocycles. The molecule has 25 heavy (non-hydrogen) atoms. The van der Waals surface area contributed by atoms with E-state index in [1.165, 1.54) is 12.1 Å². The molecular formula is C18H20N4O3. The molecule has 1 saturated carbocycles. The van der Waals surface area contributed by atoms with Crippen molar-refractivity contribution in [1.29, 1.82) is 0 Å². The summed E-state index contributed by atoms with van der Waals surface area (Å²) < 4.78 is 1.71. The minimum absolute atomic E-state index is 0.0483. The number of aromatic nitrogens is 2. The monoisotopic (exact) mass is 340 g/mol. The van der Waals surface area contributed by atoms with Crippen LogP contribution >= 0.6 is 0 Å². The molecule has 7 nitrogen and oxygen atoms in total.